The Kier molecular flexibility index (Phi) is 19.4. The standard InChI is InChI=1S/C31H54O/c1-26(2)14-9-15-27(3)16-10-17-28(4)18-11-19-29(5)20-12-21-30(6)22-13-23-31(7)24-25-32-8/h14,16,18,20,22,31H,9-13,15,17,19,21,23-25H2,1-8H3/b27-16+,28-18+,29-20+,30-22+. The van der Waals surface area contributed by atoms with Crippen molar-refractivity contribution in [3.05, 3.63) is 58.2 Å². The van der Waals surface area contributed by atoms with Gasteiger partial charge >= 0.3 is 0 Å². The molecular weight excluding hydrogens is 388 g/mol. The van der Waals surface area contributed by atoms with Crippen LogP contribution in [0.1, 0.15) is 119 Å². The highest BCUT2D eigenvalue weighted by Gasteiger charge is 2.00. The van der Waals surface area contributed by atoms with Crippen LogP contribution in [0.2, 0.25) is 0 Å². The van der Waals surface area contributed by atoms with Gasteiger partial charge < -0.3 is 4.74 Å². The van der Waals surface area contributed by atoms with Crippen molar-refractivity contribution in [1.82, 2.24) is 0 Å². The summed E-state index contributed by atoms with van der Waals surface area (Å²) in [5.74, 6) is 0.755. The fraction of sp³-hybridized carbons (Fsp3) is 0.677. The van der Waals surface area contributed by atoms with Crippen LogP contribution in [0.4, 0.5) is 0 Å². The van der Waals surface area contributed by atoms with Gasteiger partial charge in [-0.1, -0.05) is 65.2 Å². The Bertz CT molecular complexity index is 623. The Morgan fingerprint density at radius 3 is 1.31 bits per heavy atom. The van der Waals surface area contributed by atoms with Gasteiger partial charge in [-0.25, -0.2) is 0 Å². The predicted molar refractivity (Wildman–Crippen MR) is 146 cm³/mol. The van der Waals surface area contributed by atoms with Gasteiger partial charge in [0.1, 0.15) is 0 Å². The van der Waals surface area contributed by atoms with E-state index < -0.39 is 0 Å². The number of rotatable bonds is 18. The third-order valence-electron chi connectivity index (χ3n) is 6.15. The van der Waals surface area contributed by atoms with Crippen LogP contribution in [0.5, 0.6) is 0 Å². The van der Waals surface area contributed by atoms with Gasteiger partial charge in [0.25, 0.3) is 0 Å². The Balaban J connectivity index is 4.05. The molecule has 0 saturated heterocycles. The maximum Gasteiger partial charge on any atom is 0.0464 e. The Morgan fingerprint density at radius 1 is 0.562 bits per heavy atom. The molecule has 32 heavy (non-hydrogen) atoms. The topological polar surface area (TPSA) is 9.23 Å². The van der Waals surface area contributed by atoms with Crippen molar-refractivity contribution in [2.45, 2.75) is 119 Å². The molecule has 0 spiro atoms. The zero-order valence-corrected chi connectivity index (χ0v) is 22.9. The van der Waals surface area contributed by atoms with Crippen LogP contribution < -0.4 is 0 Å². The zero-order valence-electron chi connectivity index (χ0n) is 22.9. The summed E-state index contributed by atoms with van der Waals surface area (Å²) in [5, 5.41) is 0. The van der Waals surface area contributed by atoms with Crippen LogP contribution in [-0.4, -0.2) is 13.7 Å². The van der Waals surface area contributed by atoms with Crippen molar-refractivity contribution in [1.29, 1.82) is 0 Å². The van der Waals surface area contributed by atoms with Gasteiger partial charge in [0.15, 0.2) is 0 Å². The van der Waals surface area contributed by atoms with E-state index in [1.807, 2.05) is 0 Å². The summed E-state index contributed by atoms with van der Waals surface area (Å²) in [6.45, 7) is 16.7. The molecule has 0 radical (unpaired) electrons. The van der Waals surface area contributed by atoms with Crippen molar-refractivity contribution in [3.63, 3.8) is 0 Å². The number of hydrogen-bond acceptors (Lipinski definition) is 1. The molecule has 184 valence electrons. The fourth-order valence-electron chi connectivity index (χ4n) is 3.71. The molecule has 0 amide bonds. The second-order valence-corrected chi connectivity index (χ2v) is 10.1. The van der Waals surface area contributed by atoms with E-state index in [-0.39, 0.29) is 0 Å². The van der Waals surface area contributed by atoms with Crippen molar-refractivity contribution in [3.8, 4) is 0 Å². The quantitative estimate of drug-likeness (QED) is 0.192. The molecular formula is C31H54O. The lowest BCUT2D eigenvalue weighted by atomic mass is 10.00. The molecule has 0 bridgehead atoms. The molecule has 0 aromatic heterocycles. The van der Waals surface area contributed by atoms with Crippen LogP contribution >= 0.6 is 0 Å². The molecule has 0 aromatic rings. The van der Waals surface area contributed by atoms with Gasteiger partial charge in [0.05, 0.1) is 0 Å². The third-order valence-corrected chi connectivity index (χ3v) is 6.15. The largest absolute Gasteiger partial charge is 0.385 e. The van der Waals surface area contributed by atoms with E-state index in [1.54, 1.807) is 7.11 Å². The maximum atomic E-state index is 5.17. The van der Waals surface area contributed by atoms with Crippen molar-refractivity contribution in [2.24, 2.45) is 5.92 Å². The fourth-order valence-corrected chi connectivity index (χ4v) is 3.71. The molecule has 1 atom stereocenters. The summed E-state index contributed by atoms with van der Waals surface area (Å²) in [6, 6.07) is 0. The summed E-state index contributed by atoms with van der Waals surface area (Å²) in [6.07, 6.45) is 25.2. The summed E-state index contributed by atoms with van der Waals surface area (Å²) >= 11 is 0. The Morgan fingerprint density at radius 2 is 0.938 bits per heavy atom. The molecule has 0 aliphatic heterocycles. The first-order valence-electron chi connectivity index (χ1n) is 13.0. The normalized spacial score (nSPS) is 14.6. The number of allylic oxidation sites excluding steroid dienone is 10. The first kappa shape index (κ1) is 30.7. The van der Waals surface area contributed by atoms with Gasteiger partial charge in [0, 0.05) is 13.7 Å². The van der Waals surface area contributed by atoms with E-state index in [4.69, 9.17) is 4.74 Å². The van der Waals surface area contributed by atoms with E-state index in [9.17, 15) is 0 Å². The molecule has 1 heteroatoms. The monoisotopic (exact) mass is 442 g/mol. The average Bonchev–Trinajstić information content (AvgIpc) is 2.72. The van der Waals surface area contributed by atoms with E-state index in [0.717, 1.165) is 12.5 Å². The lowest BCUT2D eigenvalue weighted by Gasteiger charge is -2.09. The van der Waals surface area contributed by atoms with Gasteiger partial charge in [-0.2, -0.15) is 0 Å². The Hall–Kier alpha value is -1.34. The summed E-state index contributed by atoms with van der Waals surface area (Å²) in [4.78, 5) is 0. The minimum absolute atomic E-state index is 0.755. The molecule has 0 fully saturated rings. The van der Waals surface area contributed by atoms with Gasteiger partial charge in [-0.15, -0.1) is 0 Å². The van der Waals surface area contributed by atoms with Crippen molar-refractivity contribution < 1.29 is 4.74 Å². The molecule has 0 saturated carbocycles. The number of methoxy groups -OCH3 is 1. The average molecular weight is 443 g/mol. The first-order chi connectivity index (χ1) is 15.2. The lowest BCUT2D eigenvalue weighted by molar-refractivity contribution is 0.178. The van der Waals surface area contributed by atoms with E-state index in [2.05, 4.69) is 78.8 Å². The summed E-state index contributed by atoms with van der Waals surface area (Å²) in [7, 11) is 1.79. The smallest absolute Gasteiger partial charge is 0.0464 e. The second kappa shape index (κ2) is 20.3. The molecule has 0 aliphatic carbocycles. The molecule has 0 aliphatic rings. The van der Waals surface area contributed by atoms with Crippen LogP contribution in [0.15, 0.2) is 58.2 Å². The summed E-state index contributed by atoms with van der Waals surface area (Å²) in [5.41, 5.74) is 7.55. The highest BCUT2D eigenvalue weighted by molar-refractivity contribution is 5.08. The minimum Gasteiger partial charge on any atom is -0.385 e. The molecule has 0 heterocycles. The van der Waals surface area contributed by atoms with Crippen LogP contribution in [0, 0.1) is 5.92 Å². The summed E-state index contributed by atoms with van der Waals surface area (Å²) < 4.78 is 5.17. The molecule has 0 rings (SSSR count). The van der Waals surface area contributed by atoms with Gasteiger partial charge in [0.2, 0.25) is 0 Å². The molecule has 0 aromatic carbocycles. The van der Waals surface area contributed by atoms with E-state index in [1.165, 1.54) is 98.5 Å². The SMILES string of the molecule is COCCC(C)CC/C=C(\C)CC/C=C(\C)CC/C=C(\C)CC/C=C(\C)CCC=C(C)C. The van der Waals surface area contributed by atoms with Crippen LogP contribution in [0.3, 0.4) is 0 Å². The lowest BCUT2D eigenvalue weighted by Crippen LogP contribution is -1.99. The van der Waals surface area contributed by atoms with E-state index >= 15 is 0 Å². The second-order valence-electron chi connectivity index (χ2n) is 10.1. The highest BCUT2D eigenvalue weighted by Crippen LogP contribution is 2.16. The van der Waals surface area contributed by atoms with Crippen LogP contribution in [-0.2, 0) is 4.74 Å². The minimum atomic E-state index is 0.755. The molecule has 1 unspecified atom stereocenters. The zero-order chi connectivity index (χ0) is 24.2. The number of ether oxygens (including phenoxy) is 1. The molecule has 0 N–H and O–H groups in total. The maximum absolute atomic E-state index is 5.17. The van der Waals surface area contributed by atoms with E-state index in [0.29, 0.717) is 0 Å². The predicted octanol–water partition coefficient (Wildman–Crippen LogP) is 10.3. The van der Waals surface area contributed by atoms with Crippen molar-refractivity contribution >= 4 is 0 Å². The first-order valence-corrected chi connectivity index (χ1v) is 13.0. The highest BCUT2D eigenvalue weighted by atomic mass is 16.5. The van der Waals surface area contributed by atoms with Crippen LogP contribution in [0.25, 0.3) is 0 Å². The van der Waals surface area contributed by atoms with Gasteiger partial charge in [-0.05, 0) is 118 Å². The third kappa shape index (κ3) is 20.6. The van der Waals surface area contributed by atoms with Gasteiger partial charge in [-0.3, -0.25) is 0 Å². The molecule has 1 nitrogen and oxygen atoms in total. The Labute approximate surface area is 201 Å². The van der Waals surface area contributed by atoms with Crippen molar-refractivity contribution in [2.75, 3.05) is 13.7 Å². The number of hydrogen-bond donors (Lipinski definition) is 0.